The fraction of sp³-hybridized carbons (Fsp3) is 0.300. The maximum Gasteiger partial charge on any atom is 0.332 e. The number of carbonyl (C=O) groups is 3. The van der Waals surface area contributed by atoms with Crippen LogP contribution in [0, 0.1) is 0 Å². The predicted molar refractivity (Wildman–Crippen MR) is 150 cm³/mol. The van der Waals surface area contributed by atoms with Gasteiger partial charge in [-0.1, -0.05) is 12.1 Å². The van der Waals surface area contributed by atoms with Crippen LogP contribution in [0.3, 0.4) is 0 Å². The van der Waals surface area contributed by atoms with Gasteiger partial charge in [-0.25, -0.2) is 9.69 Å². The predicted octanol–water partition coefficient (Wildman–Crippen LogP) is 4.52. The summed E-state index contributed by atoms with van der Waals surface area (Å²) in [5.74, 6) is 1.48. The first kappa shape index (κ1) is 28.3. The number of methoxy groups -OCH3 is 3. The summed E-state index contributed by atoms with van der Waals surface area (Å²) in [5, 5.41) is 2.81. The Morgan fingerprint density at radius 1 is 0.875 bits per heavy atom. The molecule has 0 unspecified atom stereocenters. The molecule has 0 saturated carbocycles. The van der Waals surface area contributed by atoms with Gasteiger partial charge < -0.3 is 29.2 Å². The van der Waals surface area contributed by atoms with Crippen LogP contribution in [-0.4, -0.2) is 63.3 Å². The molecule has 1 fully saturated rings. The van der Waals surface area contributed by atoms with Gasteiger partial charge in [0.25, 0.3) is 5.91 Å². The molecule has 1 saturated heterocycles. The fourth-order valence-corrected chi connectivity index (χ4v) is 4.55. The molecule has 1 heterocycles. The Kier molecular flexibility index (Phi) is 9.11. The second-order valence-electron chi connectivity index (χ2n) is 9.02. The van der Waals surface area contributed by atoms with Gasteiger partial charge in [-0.2, -0.15) is 0 Å². The lowest BCUT2D eigenvalue weighted by molar-refractivity contribution is -0.124. The largest absolute Gasteiger partial charge is 0.497 e. The maximum absolute atomic E-state index is 13.6. The minimum atomic E-state index is -0.985. The third-order valence-corrected chi connectivity index (χ3v) is 6.55. The van der Waals surface area contributed by atoms with E-state index >= 15 is 0 Å². The summed E-state index contributed by atoms with van der Waals surface area (Å²) in [6, 6.07) is 17.7. The summed E-state index contributed by atoms with van der Waals surface area (Å²) in [5.41, 5.74) is 1.82. The second kappa shape index (κ2) is 12.9. The Labute approximate surface area is 233 Å². The molecular formula is C30H33N3O7. The Morgan fingerprint density at radius 3 is 2.30 bits per heavy atom. The van der Waals surface area contributed by atoms with Crippen LogP contribution < -0.4 is 29.2 Å². The van der Waals surface area contributed by atoms with Crippen LogP contribution in [0.4, 0.5) is 16.2 Å². The molecule has 1 aliphatic heterocycles. The molecule has 0 radical (unpaired) electrons. The lowest BCUT2D eigenvalue weighted by atomic mass is 10.1. The molecule has 10 nitrogen and oxygen atoms in total. The van der Waals surface area contributed by atoms with Crippen LogP contribution >= 0.6 is 0 Å². The zero-order valence-corrected chi connectivity index (χ0v) is 23.0. The minimum Gasteiger partial charge on any atom is -0.497 e. The molecule has 0 bridgehead atoms. The first-order valence-corrected chi connectivity index (χ1v) is 12.9. The smallest absolute Gasteiger partial charge is 0.332 e. The molecule has 10 heteroatoms. The molecule has 1 N–H and O–H groups in total. The van der Waals surface area contributed by atoms with E-state index in [1.165, 1.54) is 12.0 Å². The van der Waals surface area contributed by atoms with Crippen molar-refractivity contribution in [3.63, 3.8) is 0 Å². The molecule has 3 aromatic carbocycles. The molecule has 0 aliphatic carbocycles. The highest BCUT2D eigenvalue weighted by molar-refractivity contribution is 6.22. The Bertz CT molecular complexity index is 1360. The first-order valence-electron chi connectivity index (χ1n) is 12.9. The van der Waals surface area contributed by atoms with Gasteiger partial charge >= 0.3 is 6.03 Å². The van der Waals surface area contributed by atoms with Crippen molar-refractivity contribution in [2.24, 2.45) is 0 Å². The number of hydrogen-bond donors (Lipinski definition) is 1. The van der Waals surface area contributed by atoms with Crippen molar-refractivity contribution in [1.82, 2.24) is 4.90 Å². The highest BCUT2D eigenvalue weighted by Gasteiger charge is 2.46. The third-order valence-electron chi connectivity index (χ3n) is 6.55. The van der Waals surface area contributed by atoms with E-state index in [9.17, 15) is 14.4 Å². The van der Waals surface area contributed by atoms with Gasteiger partial charge in [0.2, 0.25) is 5.91 Å². The topological polar surface area (TPSA) is 107 Å². The first-order chi connectivity index (χ1) is 19.4. The molecular weight excluding hydrogens is 514 g/mol. The second-order valence-corrected chi connectivity index (χ2v) is 9.02. The number of benzene rings is 3. The number of ether oxygens (including phenoxy) is 4. The lowest BCUT2D eigenvalue weighted by Gasteiger charge is -2.22. The van der Waals surface area contributed by atoms with E-state index in [1.54, 1.807) is 68.8 Å². The van der Waals surface area contributed by atoms with Crippen molar-refractivity contribution in [2.75, 3.05) is 44.7 Å². The van der Waals surface area contributed by atoms with Gasteiger partial charge in [0.1, 0.15) is 17.5 Å². The number of anilines is 2. The van der Waals surface area contributed by atoms with Crippen LogP contribution in [0.1, 0.15) is 18.9 Å². The average molecular weight is 548 g/mol. The highest BCUT2D eigenvalue weighted by atomic mass is 16.5. The van der Waals surface area contributed by atoms with E-state index in [0.717, 1.165) is 10.5 Å². The van der Waals surface area contributed by atoms with E-state index in [-0.39, 0.29) is 18.9 Å². The number of hydrogen-bond acceptors (Lipinski definition) is 7. The third kappa shape index (κ3) is 6.28. The molecule has 4 amide bonds. The van der Waals surface area contributed by atoms with Gasteiger partial charge in [0.15, 0.2) is 11.5 Å². The number of rotatable bonds is 12. The van der Waals surface area contributed by atoms with Gasteiger partial charge in [-0.15, -0.1) is 0 Å². The molecule has 0 spiro atoms. The van der Waals surface area contributed by atoms with Crippen molar-refractivity contribution in [2.45, 2.75) is 25.8 Å². The maximum atomic E-state index is 13.6. The number of imide groups is 1. The average Bonchev–Trinajstić information content (AvgIpc) is 3.20. The van der Waals surface area contributed by atoms with Gasteiger partial charge in [0, 0.05) is 18.3 Å². The Balaban J connectivity index is 1.56. The molecule has 1 atom stereocenters. The van der Waals surface area contributed by atoms with Crippen molar-refractivity contribution in [1.29, 1.82) is 0 Å². The highest BCUT2D eigenvalue weighted by Crippen LogP contribution is 2.31. The Morgan fingerprint density at radius 2 is 1.62 bits per heavy atom. The molecule has 0 aromatic heterocycles. The standard InChI is InChI=1S/C30H33N3O7/c1-5-40-23-12-10-21(11-13-23)31-28(34)19-25-29(35)33(22-7-6-8-24(18-22)37-2)30(36)32(25)16-15-20-9-14-26(38-3)27(17-20)39-4/h6-14,17-18,25H,5,15-16,19H2,1-4H3,(H,31,34)/t25-/m1/s1. The number of urea groups is 1. The molecule has 40 heavy (non-hydrogen) atoms. The van der Waals surface area contributed by atoms with Crippen LogP contribution in [-0.2, 0) is 16.0 Å². The van der Waals surface area contributed by atoms with Crippen LogP contribution in [0.5, 0.6) is 23.0 Å². The fourth-order valence-electron chi connectivity index (χ4n) is 4.55. The Hall–Kier alpha value is -4.73. The molecule has 3 aromatic rings. The van der Waals surface area contributed by atoms with Crippen LogP contribution in [0.2, 0.25) is 0 Å². The number of nitrogens with zero attached hydrogens (tertiary/aromatic N) is 2. The van der Waals surface area contributed by atoms with E-state index < -0.39 is 18.0 Å². The minimum absolute atomic E-state index is 0.204. The lowest BCUT2D eigenvalue weighted by Crippen LogP contribution is -2.39. The quantitative estimate of drug-likeness (QED) is 0.332. The van der Waals surface area contributed by atoms with Crippen molar-refractivity contribution in [3.8, 4) is 23.0 Å². The van der Waals surface area contributed by atoms with Crippen molar-refractivity contribution in [3.05, 3.63) is 72.3 Å². The summed E-state index contributed by atoms with van der Waals surface area (Å²) < 4.78 is 21.4. The van der Waals surface area contributed by atoms with E-state index in [0.29, 0.717) is 47.4 Å². The zero-order valence-electron chi connectivity index (χ0n) is 23.0. The summed E-state index contributed by atoms with van der Waals surface area (Å²) in [4.78, 5) is 42.8. The summed E-state index contributed by atoms with van der Waals surface area (Å²) in [6.07, 6.45) is 0.229. The molecule has 4 rings (SSSR count). The van der Waals surface area contributed by atoms with E-state index in [1.807, 2.05) is 19.1 Å². The molecule has 210 valence electrons. The zero-order chi connectivity index (χ0) is 28.6. The van der Waals surface area contributed by atoms with Gasteiger partial charge in [0.05, 0.1) is 40.0 Å². The summed E-state index contributed by atoms with van der Waals surface area (Å²) in [6.45, 7) is 2.63. The van der Waals surface area contributed by atoms with Gasteiger partial charge in [-0.05, 0) is 67.4 Å². The monoisotopic (exact) mass is 547 g/mol. The molecule has 1 aliphatic rings. The van der Waals surface area contributed by atoms with E-state index in [4.69, 9.17) is 18.9 Å². The summed E-state index contributed by atoms with van der Waals surface area (Å²) in [7, 11) is 4.62. The normalized spacial score (nSPS) is 14.8. The number of carbonyl (C=O) groups excluding carboxylic acids is 3. The van der Waals surface area contributed by atoms with Crippen LogP contribution in [0.15, 0.2) is 66.7 Å². The van der Waals surface area contributed by atoms with Crippen LogP contribution in [0.25, 0.3) is 0 Å². The number of nitrogens with one attached hydrogen (secondary N) is 1. The SMILES string of the molecule is CCOc1ccc(NC(=O)C[C@@H]2C(=O)N(c3cccc(OC)c3)C(=O)N2CCc2ccc(OC)c(OC)c2)cc1. The van der Waals surface area contributed by atoms with E-state index in [2.05, 4.69) is 5.32 Å². The van der Waals surface area contributed by atoms with Crippen molar-refractivity contribution < 1.29 is 33.3 Å². The van der Waals surface area contributed by atoms with Crippen molar-refractivity contribution >= 4 is 29.2 Å². The number of amides is 4. The van der Waals surface area contributed by atoms with Gasteiger partial charge in [-0.3, -0.25) is 9.59 Å². The summed E-state index contributed by atoms with van der Waals surface area (Å²) >= 11 is 0.